The summed E-state index contributed by atoms with van der Waals surface area (Å²) in [5, 5.41) is 6.74. The summed E-state index contributed by atoms with van der Waals surface area (Å²) in [4.78, 5) is 55.7. The molecule has 0 unspecified atom stereocenters. The molecule has 2 heterocycles. The Morgan fingerprint density at radius 3 is 1.19 bits per heavy atom. The molecule has 0 fully saturated rings. The molecule has 0 saturated carbocycles. The highest BCUT2D eigenvalue weighted by atomic mass is 16.2. The number of benzene rings is 5. The van der Waals surface area contributed by atoms with Crippen LogP contribution in [0.2, 0.25) is 0 Å². The zero-order valence-electron chi connectivity index (χ0n) is 20.0. The van der Waals surface area contributed by atoms with E-state index in [0.29, 0.717) is 46.1 Å². The highest BCUT2D eigenvalue weighted by Crippen LogP contribution is 2.46. The minimum Gasteiger partial charge on any atom is -0.275 e. The summed E-state index contributed by atoms with van der Waals surface area (Å²) in [6, 6.07) is 15.0. The van der Waals surface area contributed by atoms with Crippen molar-refractivity contribution < 1.29 is 19.2 Å². The van der Waals surface area contributed by atoms with Crippen molar-refractivity contribution in [2.75, 3.05) is 13.1 Å². The maximum Gasteiger partial charge on any atom is 0.261 e. The summed E-state index contributed by atoms with van der Waals surface area (Å²) in [6.07, 6.45) is 1.65. The number of amides is 4. The van der Waals surface area contributed by atoms with Crippen LogP contribution in [0, 0.1) is 0 Å². The van der Waals surface area contributed by atoms with Gasteiger partial charge in [0.25, 0.3) is 23.6 Å². The van der Waals surface area contributed by atoms with E-state index >= 15 is 0 Å². The van der Waals surface area contributed by atoms with Gasteiger partial charge >= 0.3 is 0 Å². The Balaban J connectivity index is 1.61. The average Bonchev–Trinajstić information content (AvgIpc) is 2.89. The van der Waals surface area contributed by atoms with Crippen LogP contribution in [-0.2, 0) is 0 Å². The standard InChI is InChI=1S/C30H22N2O4/c1-3-5-14-32-29(35)21-12-8-17-15-6-10-19-25-20(28(34)31(4-2)27(19)33)11-7-16(23(15)25)18-9-13-22(30(32)36)26(21)24(17)18/h6-13H,3-5,14H2,1-2H3. The van der Waals surface area contributed by atoms with Gasteiger partial charge in [0.15, 0.2) is 0 Å². The predicted molar refractivity (Wildman–Crippen MR) is 139 cm³/mol. The van der Waals surface area contributed by atoms with Crippen molar-refractivity contribution in [3.63, 3.8) is 0 Å². The van der Waals surface area contributed by atoms with Crippen molar-refractivity contribution in [3.8, 4) is 0 Å². The lowest BCUT2D eigenvalue weighted by Gasteiger charge is -2.29. The minimum absolute atomic E-state index is 0.253. The monoisotopic (exact) mass is 474 g/mol. The first-order chi connectivity index (χ1) is 17.5. The third-order valence-electron chi connectivity index (χ3n) is 7.86. The normalized spacial score (nSPS) is 15.5. The molecule has 7 rings (SSSR count). The molecule has 6 heteroatoms. The number of hydrogen-bond donors (Lipinski definition) is 0. The van der Waals surface area contributed by atoms with E-state index in [1.54, 1.807) is 19.1 Å². The molecule has 2 aliphatic heterocycles. The Labute approximate surface area is 206 Å². The van der Waals surface area contributed by atoms with Crippen LogP contribution in [0.1, 0.15) is 68.1 Å². The third-order valence-corrected chi connectivity index (χ3v) is 7.86. The second-order valence-corrected chi connectivity index (χ2v) is 9.61. The number of carbonyl (C=O) groups is 4. The summed E-state index contributed by atoms with van der Waals surface area (Å²) >= 11 is 0. The van der Waals surface area contributed by atoms with Crippen LogP contribution in [0.4, 0.5) is 0 Å². The number of fused-ring (bicyclic) bond motifs is 2. The van der Waals surface area contributed by atoms with Crippen LogP contribution in [0.25, 0.3) is 43.1 Å². The van der Waals surface area contributed by atoms with Crippen molar-refractivity contribution >= 4 is 66.7 Å². The second-order valence-electron chi connectivity index (χ2n) is 9.61. The second kappa shape index (κ2) is 7.10. The molecule has 6 nitrogen and oxygen atoms in total. The number of hydrogen-bond acceptors (Lipinski definition) is 4. The van der Waals surface area contributed by atoms with E-state index in [0.717, 1.165) is 45.2 Å². The lowest BCUT2D eigenvalue weighted by Crippen LogP contribution is -2.40. The lowest BCUT2D eigenvalue weighted by atomic mass is 9.82. The van der Waals surface area contributed by atoms with E-state index in [2.05, 4.69) is 0 Å². The van der Waals surface area contributed by atoms with E-state index in [4.69, 9.17) is 0 Å². The summed E-state index contributed by atoms with van der Waals surface area (Å²) in [5.41, 5.74) is 2.13. The SMILES string of the molecule is CCCCN1C(=O)c2ccc3c4ccc5c6c(ccc(c7ccc(c2c37)C1=O)c64)C(=O)N(CC)C5=O. The van der Waals surface area contributed by atoms with Crippen LogP contribution in [0.15, 0.2) is 48.5 Å². The van der Waals surface area contributed by atoms with Gasteiger partial charge in [0.1, 0.15) is 0 Å². The molecule has 0 aliphatic carbocycles. The predicted octanol–water partition coefficient (Wildman–Crippen LogP) is 5.75. The number of imide groups is 2. The Hall–Kier alpha value is -4.32. The molecule has 0 saturated heterocycles. The van der Waals surface area contributed by atoms with Gasteiger partial charge in [0.05, 0.1) is 0 Å². The van der Waals surface area contributed by atoms with Gasteiger partial charge in [0, 0.05) is 46.1 Å². The smallest absolute Gasteiger partial charge is 0.261 e. The lowest BCUT2D eigenvalue weighted by molar-refractivity contribution is 0.0597. The fourth-order valence-electron chi connectivity index (χ4n) is 6.17. The highest BCUT2D eigenvalue weighted by Gasteiger charge is 2.36. The van der Waals surface area contributed by atoms with Crippen LogP contribution < -0.4 is 0 Å². The Bertz CT molecular complexity index is 1730. The molecule has 0 radical (unpaired) electrons. The molecule has 36 heavy (non-hydrogen) atoms. The Morgan fingerprint density at radius 1 is 0.500 bits per heavy atom. The molecule has 0 atom stereocenters. The third kappa shape index (κ3) is 2.36. The molecule has 5 aromatic carbocycles. The largest absolute Gasteiger partial charge is 0.275 e. The van der Waals surface area contributed by atoms with E-state index in [-0.39, 0.29) is 23.6 Å². The van der Waals surface area contributed by atoms with E-state index < -0.39 is 0 Å². The van der Waals surface area contributed by atoms with Crippen molar-refractivity contribution in [1.29, 1.82) is 0 Å². The van der Waals surface area contributed by atoms with Crippen LogP contribution in [-0.4, -0.2) is 46.5 Å². The Kier molecular flexibility index (Phi) is 4.14. The van der Waals surface area contributed by atoms with Crippen LogP contribution >= 0.6 is 0 Å². The van der Waals surface area contributed by atoms with Gasteiger partial charge in [-0.3, -0.25) is 29.0 Å². The van der Waals surface area contributed by atoms with Gasteiger partial charge in [-0.15, -0.1) is 0 Å². The van der Waals surface area contributed by atoms with Gasteiger partial charge in [-0.2, -0.15) is 0 Å². The number of carbonyl (C=O) groups excluding carboxylic acids is 4. The van der Waals surface area contributed by atoms with Crippen LogP contribution in [0.3, 0.4) is 0 Å². The van der Waals surface area contributed by atoms with Crippen molar-refractivity contribution in [2.45, 2.75) is 26.7 Å². The zero-order chi connectivity index (χ0) is 24.9. The fraction of sp³-hybridized carbons (Fsp3) is 0.200. The van der Waals surface area contributed by atoms with E-state index in [1.165, 1.54) is 9.80 Å². The zero-order valence-corrected chi connectivity index (χ0v) is 20.0. The quantitative estimate of drug-likeness (QED) is 0.189. The van der Waals surface area contributed by atoms with Crippen molar-refractivity contribution in [2.24, 2.45) is 0 Å². The Morgan fingerprint density at radius 2 is 0.861 bits per heavy atom. The molecule has 5 aromatic rings. The van der Waals surface area contributed by atoms with Gasteiger partial charge in [-0.25, -0.2) is 0 Å². The van der Waals surface area contributed by atoms with Gasteiger partial charge in [-0.05, 0) is 69.9 Å². The minimum atomic E-state index is -0.280. The topological polar surface area (TPSA) is 74.8 Å². The average molecular weight is 475 g/mol. The first kappa shape index (κ1) is 21.0. The molecule has 4 amide bonds. The molecule has 0 N–H and O–H groups in total. The molecule has 2 aliphatic rings. The molecular weight excluding hydrogens is 452 g/mol. The van der Waals surface area contributed by atoms with Crippen molar-refractivity contribution in [3.05, 3.63) is 70.8 Å². The van der Waals surface area contributed by atoms with E-state index in [9.17, 15) is 19.2 Å². The number of rotatable bonds is 4. The molecule has 176 valence electrons. The summed E-state index contributed by atoms with van der Waals surface area (Å²) in [7, 11) is 0. The fourth-order valence-corrected chi connectivity index (χ4v) is 6.17. The summed E-state index contributed by atoms with van der Waals surface area (Å²) in [5.74, 6) is -1.07. The molecular formula is C30H22N2O4. The highest BCUT2D eigenvalue weighted by molar-refractivity contribution is 6.41. The summed E-state index contributed by atoms with van der Waals surface area (Å²) in [6.45, 7) is 4.55. The maximum absolute atomic E-state index is 13.4. The number of unbranched alkanes of at least 4 members (excludes halogenated alkanes) is 1. The first-order valence-corrected chi connectivity index (χ1v) is 12.4. The van der Waals surface area contributed by atoms with Gasteiger partial charge < -0.3 is 0 Å². The van der Waals surface area contributed by atoms with Crippen molar-refractivity contribution in [1.82, 2.24) is 9.80 Å². The van der Waals surface area contributed by atoms with E-state index in [1.807, 2.05) is 43.3 Å². The first-order valence-electron chi connectivity index (χ1n) is 12.4. The molecule has 0 spiro atoms. The van der Waals surface area contributed by atoms with Gasteiger partial charge in [0.2, 0.25) is 0 Å². The van der Waals surface area contributed by atoms with Crippen LogP contribution in [0.5, 0.6) is 0 Å². The maximum atomic E-state index is 13.4. The molecule has 0 aromatic heterocycles. The number of nitrogens with zero attached hydrogens (tertiary/aromatic N) is 2. The van der Waals surface area contributed by atoms with Gasteiger partial charge in [-0.1, -0.05) is 37.6 Å². The molecule has 0 bridgehead atoms. The summed E-state index contributed by atoms with van der Waals surface area (Å²) < 4.78 is 0.